The standard InChI is InChI=1S/C29H32N6O3/c1-33(21-11-15-37-16-12-21)22-10-14-34(18-22)28(36)23-17-31-35(27(23)20-5-6-20)29-30-13-9-24(32-29)26-8-7-19-3-2-4-25(19)38-26/h2-4,7-9,13,17,20-22H,5-6,10-12,14-16,18H2,1H3/t22-/m1/s1. The van der Waals surface area contributed by atoms with Crippen molar-refractivity contribution in [1.82, 2.24) is 29.5 Å². The highest BCUT2D eigenvalue weighted by Crippen LogP contribution is 2.43. The van der Waals surface area contributed by atoms with Gasteiger partial charge in [-0.15, -0.1) is 0 Å². The smallest absolute Gasteiger partial charge is 0.257 e. The summed E-state index contributed by atoms with van der Waals surface area (Å²) in [5, 5.41) is 4.63. The van der Waals surface area contributed by atoms with Gasteiger partial charge in [-0.05, 0) is 63.4 Å². The van der Waals surface area contributed by atoms with Crippen LogP contribution in [0.25, 0.3) is 28.7 Å². The van der Waals surface area contributed by atoms with Crippen molar-refractivity contribution in [1.29, 1.82) is 0 Å². The molecule has 2 saturated heterocycles. The van der Waals surface area contributed by atoms with E-state index >= 15 is 0 Å². The number of ether oxygens (including phenoxy) is 1. The molecule has 38 heavy (non-hydrogen) atoms. The first kappa shape index (κ1) is 23.5. The summed E-state index contributed by atoms with van der Waals surface area (Å²) >= 11 is 0. The summed E-state index contributed by atoms with van der Waals surface area (Å²) < 4.78 is 13.4. The van der Waals surface area contributed by atoms with Gasteiger partial charge in [-0.3, -0.25) is 9.69 Å². The molecule has 0 bridgehead atoms. The lowest BCUT2D eigenvalue weighted by molar-refractivity contribution is 0.0295. The minimum Gasteiger partial charge on any atom is -0.454 e. The number of nitrogens with zero attached hydrogens (tertiary/aromatic N) is 6. The third-order valence-electron chi connectivity index (χ3n) is 8.32. The van der Waals surface area contributed by atoms with E-state index < -0.39 is 0 Å². The van der Waals surface area contributed by atoms with Crippen LogP contribution in [0.15, 0.2) is 53.2 Å². The molecule has 5 aliphatic rings. The van der Waals surface area contributed by atoms with E-state index in [2.05, 4.69) is 22.0 Å². The number of fused-ring (bicyclic) bond motifs is 1. The summed E-state index contributed by atoms with van der Waals surface area (Å²) in [6, 6.07) is 12.6. The van der Waals surface area contributed by atoms with Crippen molar-refractivity contribution in [2.75, 3.05) is 33.4 Å². The molecule has 0 aromatic carbocycles. The molecule has 0 unspecified atom stereocenters. The summed E-state index contributed by atoms with van der Waals surface area (Å²) in [5.41, 5.74) is 3.34. The van der Waals surface area contributed by atoms with Crippen LogP contribution < -0.4 is 0 Å². The summed E-state index contributed by atoms with van der Waals surface area (Å²) in [5.74, 6) is 2.31. The van der Waals surface area contributed by atoms with Gasteiger partial charge >= 0.3 is 0 Å². The Kier molecular flexibility index (Phi) is 5.97. The maximum atomic E-state index is 13.8. The first-order valence-corrected chi connectivity index (χ1v) is 13.6. The highest BCUT2D eigenvalue weighted by molar-refractivity contribution is 5.95. The van der Waals surface area contributed by atoms with E-state index in [1.165, 1.54) is 0 Å². The lowest BCUT2D eigenvalue weighted by Gasteiger charge is -2.35. The van der Waals surface area contributed by atoms with Gasteiger partial charge in [0.15, 0.2) is 5.76 Å². The summed E-state index contributed by atoms with van der Waals surface area (Å²) in [6.07, 6.45) is 8.64. The van der Waals surface area contributed by atoms with E-state index in [0.29, 0.717) is 41.0 Å². The lowest BCUT2D eigenvalue weighted by Crippen LogP contribution is -2.44. The van der Waals surface area contributed by atoms with E-state index in [9.17, 15) is 4.79 Å². The molecule has 5 heterocycles. The molecule has 1 amide bonds. The van der Waals surface area contributed by atoms with Crippen molar-refractivity contribution < 1.29 is 13.9 Å². The molecule has 2 aliphatic carbocycles. The third kappa shape index (κ3) is 4.29. The van der Waals surface area contributed by atoms with Crippen molar-refractivity contribution in [3.63, 3.8) is 0 Å². The number of carbonyl (C=O) groups is 1. The number of aromatic nitrogens is 4. The number of hydrogen-bond donors (Lipinski definition) is 0. The van der Waals surface area contributed by atoms with Crippen molar-refractivity contribution >= 4 is 5.91 Å². The molecule has 9 heteroatoms. The van der Waals surface area contributed by atoms with Crippen LogP contribution in [0.5, 0.6) is 0 Å². The summed E-state index contributed by atoms with van der Waals surface area (Å²) in [4.78, 5) is 27.5. The molecule has 2 aromatic rings. The Labute approximate surface area is 221 Å². The quantitative estimate of drug-likeness (QED) is 0.382. The Morgan fingerprint density at radius 3 is 2.71 bits per heavy atom. The Bertz CT molecular complexity index is 1420. The molecule has 196 valence electrons. The van der Waals surface area contributed by atoms with Crippen LogP contribution in [0.2, 0.25) is 0 Å². The number of carbonyl (C=O) groups excluding carboxylic acids is 1. The second kappa shape index (κ2) is 9.63. The normalized spacial score (nSPS) is 20.6. The first-order chi connectivity index (χ1) is 18.7. The molecule has 7 rings (SSSR count). The van der Waals surface area contributed by atoms with Crippen LogP contribution in [0.3, 0.4) is 0 Å². The average molecular weight is 513 g/mol. The van der Waals surface area contributed by atoms with E-state index in [1.807, 2.05) is 41.3 Å². The zero-order valence-corrected chi connectivity index (χ0v) is 21.6. The van der Waals surface area contributed by atoms with Crippen LogP contribution in [0, 0.1) is 0 Å². The zero-order valence-electron chi connectivity index (χ0n) is 21.6. The van der Waals surface area contributed by atoms with Gasteiger partial charge in [0, 0.05) is 56.1 Å². The highest BCUT2D eigenvalue weighted by atomic mass is 16.5. The molecule has 3 fully saturated rings. The van der Waals surface area contributed by atoms with E-state index in [1.54, 1.807) is 17.1 Å². The molecule has 0 N–H and O–H groups in total. The molecule has 1 saturated carbocycles. The van der Waals surface area contributed by atoms with E-state index in [0.717, 1.165) is 75.4 Å². The van der Waals surface area contributed by atoms with E-state index in [4.69, 9.17) is 14.1 Å². The largest absolute Gasteiger partial charge is 0.454 e. The summed E-state index contributed by atoms with van der Waals surface area (Å²) in [7, 11) is 2.20. The van der Waals surface area contributed by atoms with Gasteiger partial charge in [-0.2, -0.15) is 5.10 Å². The van der Waals surface area contributed by atoms with Crippen molar-refractivity contribution in [3.05, 3.63) is 60.0 Å². The van der Waals surface area contributed by atoms with Gasteiger partial charge in [-0.1, -0.05) is 12.1 Å². The third-order valence-corrected chi connectivity index (χ3v) is 8.32. The maximum Gasteiger partial charge on any atom is 0.257 e. The van der Waals surface area contributed by atoms with Crippen LogP contribution in [0.1, 0.15) is 54.1 Å². The predicted octanol–water partition coefficient (Wildman–Crippen LogP) is 4.23. The second-order valence-corrected chi connectivity index (χ2v) is 10.7. The number of amides is 1. The van der Waals surface area contributed by atoms with Crippen LogP contribution >= 0.6 is 0 Å². The van der Waals surface area contributed by atoms with Gasteiger partial charge in [0.1, 0.15) is 11.5 Å². The fourth-order valence-corrected chi connectivity index (χ4v) is 5.94. The second-order valence-electron chi connectivity index (χ2n) is 10.7. The molecule has 3 aliphatic heterocycles. The zero-order chi connectivity index (χ0) is 25.6. The van der Waals surface area contributed by atoms with Crippen molar-refractivity contribution in [3.8, 4) is 28.7 Å². The highest BCUT2D eigenvalue weighted by Gasteiger charge is 2.38. The van der Waals surface area contributed by atoms with Gasteiger partial charge in [-0.25, -0.2) is 14.6 Å². The van der Waals surface area contributed by atoms with Crippen molar-refractivity contribution in [2.45, 2.75) is 50.1 Å². The van der Waals surface area contributed by atoms with Gasteiger partial charge in [0.05, 0.1) is 17.5 Å². The Morgan fingerprint density at radius 2 is 1.87 bits per heavy atom. The number of hydrogen-bond acceptors (Lipinski definition) is 7. The van der Waals surface area contributed by atoms with Crippen LogP contribution in [-0.2, 0) is 4.74 Å². The summed E-state index contributed by atoms with van der Waals surface area (Å²) in [6.45, 7) is 3.17. The topological polar surface area (TPSA) is 89.5 Å². The fourth-order valence-electron chi connectivity index (χ4n) is 5.94. The van der Waals surface area contributed by atoms with Crippen LogP contribution in [-0.4, -0.2) is 80.9 Å². The van der Waals surface area contributed by atoms with Gasteiger partial charge < -0.3 is 14.1 Å². The Morgan fingerprint density at radius 1 is 1.00 bits per heavy atom. The number of rotatable bonds is 6. The average Bonchev–Trinajstić information content (AvgIpc) is 3.35. The van der Waals surface area contributed by atoms with Gasteiger partial charge in [0.2, 0.25) is 0 Å². The molecular weight excluding hydrogens is 480 g/mol. The van der Waals surface area contributed by atoms with Crippen LogP contribution in [0.4, 0.5) is 0 Å². The minimum absolute atomic E-state index is 0.0637. The van der Waals surface area contributed by atoms with Gasteiger partial charge in [0.25, 0.3) is 11.9 Å². The predicted molar refractivity (Wildman–Crippen MR) is 141 cm³/mol. The maximum absolute atomic E-state index is 13.8. The lowest BCUT2D eigenvalue weighted by atomic mass is 10.1. The number of likely N-dealkylation sites (tertiary alicyclic amines) is 1. The molecule has 2 aromatic heterocycles. The Hall–Kier alpha value is -3.56. The molecule has 0 radical (unpaired) electrons. The Balaban J connectivity index is 1.14. The number of likely N-dealkylation sites (N-methyl/N-ethyl adjacent to an activating group) is 1. The molecular formula is C29H32N6O3. The molecule has 0 spiro atoms. The van der Waals surface area contributed by atoms with Crippen molar-refractivity contribution in [2.24, 2.45) is 0 Å². The van der Waals surface area contributed by atoms with E-state index in [-0.39, 0.29) is 5.91 Å². The molecule has 9 nitrogen and oxygen atoms in total. The molecule has 1 atom stereocenters. The minimum atomic E-state index is 0.0637. The SMILES string of the molecule is CN(C1CCOCC1)[C@@H]1CCN(C(=O)c2cnn(-c3nccc(-c4ccc5cccc-5o4)n3)c2C2CC2)C1. The monoisotopic (exact) mass is 512 g/mol. The first-order valence-electron chi connectivity index (χ1n) is 13.6. The fraction of sp³-hybridized carbons (Fsp3) is 0.448.